The number of unbranched alkanes of at least 4 members (excludes halogenated alkanes) is 2. The van der Waals surface area contributed by atoms with Gasteiger partial charge in [0.25, 0.3) is 0 Å². The molecule has 0 atom stereocenters. The van der Waals surface area contributed by atoms with Crippen molar-refractivity contribution in [3.8, 4) is 0 Å². The molecule has 2 rings (SSSR count). The molecule has 0 aliphatic carbocycles. The molecule has 0 aliphatic rings. The second-order valence-electron chi connectivity index (χ2n) is 7.18. The molecular weight excluding hydrogens is 549 g/mol. The Hall–Kier alpha value is -1.46. The first-order chi connectivity index (χ1) is 14.5. The van der Waals surface area contributed by atoms with E-state index in [2.05, 4.69) is 0 Å². The first kappa shape index (κ1) is 25.8. The van der Waals surface area contributed by atoms with Gasteiger partial charge < -0.3 is 0 Å². The Morgan fingerprint density at radius 2 is 0.645 bits per heavy atom. The van der Waals surface area contributed by atoms with Crippen molar-refractivity contribution >= 4 is 25.5 Å². The van der Waals surface area contributed by atoms with Gasteiger partial charge in [0.05, 0.1) is 0 Å². The summed E-state index contributed by atoms with van der Waals surface area (Å²) in [5.41, 5.74) is 0. The van der Waals surface area contributed by atoms with Crippen LogP contribution in [0.2, 0.25) is 8.87 Å². The fraction of sp³-hybridized carbons (Fsp3) is 0.400. The molecule has 11 heteroatoms. The summed E-state index contributed by atoms with van der Waals surface area (Å²) in [6.07, 6.45) is 0.628. The SMILES string of the molecule is CCC[CH2][Sn]([CH2]CCC)([c]1c(F)c(F)c(F)c(F)c1F)[c]1c(F)c(F)c(F)c(F)c1F. The zero-order valence-corrected chi connectivity index (χ0v) is 19.4. The molecule has 172 valence electrons. The molecule has 0 saturated heterocycles. The van der Waals surface area contributed by atoms with E-state index in [-0.39, 0.29) is 25.7 Å². The van der Waals surface area contributed by atoms with Crippen LogP contribution in [0.4, 0.5) is 43.9 Å². The molecule has 0 heterocycles. The van der Waals surface area contributed by atoms with Crippen molar-refractivity contribution in [2.24, 2.45) is 0 Å². The minimum absolute atomic E-state index is 0.0266. The Kier molecular flexibility index (Phi) is 8.32. The molecule has 2 aromatic rings. The van der Waals surface area contributed by atoms with Crippen LogP contribution < -0.4 is 7.16 Å². The molecule has 0 bridgehead atoms. The van der Waals surface area contributed by atoms with Crippen molar-refractivity contribution in [2.75, 3.05) is 0 Å². The van der Waals surface area contributed by atoms with Crippen LogP contribution in [0.15, 0.2) is 0 Å². The zero-order valence-electron chi connectivity index (χ0n) is 16.5. The van der Waals surface area contributed by atoms with Crippen LogP contribution in [-0.2, 0) is 0 Å². The van der Waals surface area contributed by atoms with Crippen LogP contribution >= 0.6 is 0 Å². The van der Waals surface area contributed by atoms with E-state index in [0.717, 1.165) is 0 Å². The second-order valence-corrected chi connectivity index (χ2v) is 19.1. The summed E-state index contributed by atoms with van der Waals surface area (Å²) in [5, 5.41) is 0. The molecule has 0 spiro atoms. The molecule has 0 aliphatic heterocycles. The van der Waals surface area contributed by atoms with E-state index in [9.17, 15) is 43.9 Å². The molecule has 0 fully saturated rings. The van der Waals surface area contributed by atoms with Crippen molar-refractivity contribution in [3.05, 3.63) is 58.2 Å². The molecule has 0 aromatic heterocycles. The topological polar surface area (TPSA) is 0 Å². The van der Waals surface area contributed by atoms with Gasteiger partial charge in [-0.1, -0.05) is 0 Å². The van der Waals surface area contributed by atoms with Crippen molar-refractivity contribution in [1.29, 1.82) is 0 Å². The third-order valence-electron chi connectivity index (χ3n) is 5.29. The predicted molar refractivity (Wildman–Crippen MR) is 96.9 cm³/mol. The summed E-state index contributed by atoms with van der Waals surface area (Å²) in [5.74, 6) is -23.4. The van der Waals surface area contributed by atoms with Crippen LogP contribution in [0, 0.1) is 58.2 Å². The third kappa shape index (κ3) is 4.28. The number of halogens is 10. The van der Waals surface area contributed by atoms with Gasteiger partial charge in [0, 0.05) is 0 Å². The Bertz CT molecular complexity index is 851. The van der Waals surface area contributed by atoms with Crippen molar-refractivity contribution in [1.82, 2.24) is 0 Å². The van der Waals surface area contributed by atoms with E-state index < -0.39 is 92.6 Å². The quantitative estimate of drug-likeness (QED) is 0.154. The molecular formula is C20H18F10Sn. The van der Waals surface area contributed by atoms with Gasteiger partial charge in [0.1, 0.15) is 0 Å². The number of benzene rings is 2. The van der Waals surface area contributed by atoms with Gasteiger partial charge in [-0.05, 0) is 0 Å². The van der Waals surface area contributed by atoms with Gasteiger partial charge >= 0.3 is 176 Å². The van der Waals surface area contributed by atoms with Gasteiger partial charge in [-0.25, -0.2) is 0 Å². The monoisotopic (exact) mass is 568 g/mol. The summed E-state index contributed by atoms with van der Waals surface area (Å²) in [4.78, 5) is 0. The predicted octanol–water partition coefficient (Wildman–Crippen LogP) is 6.24. The van der Waals surface area contributed by atoms with E-state index in [1.165, 1.54) is 0 Å². The molecule has 0 amide bonds. The summed E-state index contributed by atoms with van der Waals surface area (Å²) in [6.45, 7) is 3.18. The molecule has 31 heavy (non-hydrogen) atoms. The van der Waals surface area contributed by atoms with Crippen molar-refractivity contribution < 1.29 is 43.9 Å². The molecule has 0 radical (unpaired) electrons. The van der Waals surface area contributed by atoms with Crippen molar-refractivity contribution in [2.45, 2.75) is 48.4 Å². The second kappa shape index (κ2) is 9.99. The first-order valence-corrected chi connectivity index (χ1v) is 16.4. The molecule has 0 N–H and O–H groups in total. The molecule has 0 unspecified atom stereocenters. The van der Waals surface area contributed by atoms with Gasteiger partial charge in [0.2, 0.25) is 0 Å². The fourth-order valence-corrected chi connectivity index (χ4v) is 19.6. The number of rotatable bonds is 8. The summed E-state index contributed by atoms with van der Waals surface area (Å²) in [6, 6.07) is 0. The number of hydrogen-bond donors (Lipinski definition) is 0. The Morgan fingerprint density at radius 1 is 0.419 bits per heavy atom. The van der Waals surface area contributed by atoms with E-state index in [0.29, 0.717) is 0 Å². The maximum absolute atomic E-state index is 14.8. The Morgan fingerprint density at radius 3 is 0.871 bits per heavy atom. The number of hydrogen-bond acceptors (Lipinski definition) is 0. The zero-order chi connectivity index (χ0) is 23.7. The van der Waals surface area contributed by atoms with E-state index in [4.69, 9.17) is 0 Å². The van der Waals surface area contributed by atoms with E-state index >= 15 is 0 Å². The van der Waals surface area contributed by atoms with Crippen LogP contribution in [0.5, 0.6) is 0 Å². The van der Waals surface area contributed by atoms with Gasteiger partial charge in [0.15, 0.2) is 0 Å². The first-order valence-electron chi connectivity index (χ1n) is 9.51. The van der Waals surface area contributed by atoms with Gasteiger partial charge in [-0.15, -0.1) is 0 Å². The molecule has 2 aromatic carbocycles. The summed E-state index contributed by atoms with van der Waals surface area (Å²) >= 11 is -5.78. The van der Waals surface area contributed by atoms with E-state index in [1.54, 1.807) is 13.8 Å². The Labute approximate surface area is 176 Å². The maximum atomic E-state index is 14.8. The molecule has 0 saturated carbocycles. The minimum atomic E-state index is -5.78. The normalized spacial score (nSPS) is 12.0. The average Bonchev–Trinajstić information content (AvgIpc) is 2.75. The van der Waals surface area contributed by atoms with Crippen LogP contribution in [-0.4, -0.2) is 18.4 Å². The van der Waals surface area contributed by atoms with Gasteiger partial charge in [-0.2, -0.15) is 0 Å². The van der Waals surface area contributed by atoms with E-state index in [1.807, 2.05) is 0 Å². The fourth-order valence-electron chi connectivity index (χ4n) is 3.76. The van der Waals surface area contributed by atoms with Crippen molar-refractivity contribution in [3.63, 3.8) is 0 Å². The van der Waals surface area contributed by atoms with Crippen LogP contribution in [0.3, 0.4) is 0 Å². The van der Waals surface area contributed by atoms with Gasteiger partial charge in [-0.3, -0.25) is 0 Å². The average molecular weight is 567 g/mol. The van der Waals surface area contributed by atoms with Crippen LogP contribution in [0.1, 0.15) is 39.5 Å². The third-order valence-corrected chi connectivity index (χ3v) is 20.2. The summed E-state index contributed by atoms with van der Waals surface area (Å²) < 4.78 is 139. The Balaban J connectivity index is 3.12. The standard InChI is InChI=1S/2C6F5.2C4H9.Sn/c2*7-2-1-3(8)5(10)6(11)4(2)9;2*1-3-4-2;/h;;2*1,3-4H2,2H3;. The molecule has 0 nitrogen and oxygen atoms in total. The summed E-state index contributed by atoms with van der Waals surface area (Å²) in [7, 11) is 0. The van der Waals surface area contributed by atoms with Crippen LogP contribution in [0.25, 0.3) is 0 Å².